The van der Waals surface area contributed by atoms with E-state index in [1.165, 1.54) is 12.1 Å². The van der Waals surface area contributed by atoms with Crippen LogP contribution in [0, 0.1) is 5.82 Å². The number of hydrogen-bond donors (Lipinski definition) is 0. The predicted octanol–water partition coefficient (Wildman–Crippen LogP) is 6.64. The minimum absolute atomic E-state index is 0.156. The van der Waals surface area contributed by atoms with Crippen LogP contribution in [0.1, 0.15) is 25.3 Å². The van der Waals surface area contributed by atoms with Crippen LogP contribution in [0.3, 0.4) is 0 Å². The average molecular weight is 518 g/mol. The molecule has 4 rings (SSSR count). The van der Waals surface area contributed by atoms with E-state index in [0.717, 1.165) is 28.3 Å². The number of nitrogens with zero attached hydrogens (tertiary/aromatic N) is 1. The Balaban J connectivity index is 0.000000249. The van der Waals surface area contributed by atoms with E-state index in [1.807, 2.05) is 67.6 Å². The minimum Gasteiger partial charge on any atom is -0.366 e. The van der Waals surface area contributed by atoms with Crippen molar-refractivity contribution in [1.29, 1.82) is 0 Å². The van der Waals surface area contributed by atoms with Crippen LogP contribution in [0.2, 0.25) is 10.0 Å². The molecule has 0 saturated carbocycles. The van der Waals surface area contributed by atoms with Crippen LogP contribution in [0.25, 0.3) is 0 Å². The molecule has 1 amide bonds. The van der Waals surface area contributed by atoms with E-state index in [9.17, 15) is 14.0 Å². The van der Waals surface area contributed by atoms with E-state index >= 15 is 0 Å². The van der Waals surface area contributed by atoms with Crippen LogP contribution >= 0.6 is 23.2 Å². The molecule has 0 aliphatic carbocycles. The van der Waals surface area contributed by atoms with Crippen LogP contribution in [0.4, 0.5) is 4.39 Å². The van der Waals surface area contributed by atoms with Crippen molar-refractivity contribution in [1.82, 2.24) is 4.90 Å². The Labute approximate surface area is 216 Å². The number of carbonyl (C=O) groups is 2. The van der Waals surface area contributed by atoms with Gasteiger partial charge in [-0.15, -0.1) is 0 Å². The molecule has 1 aliphatic rings. The van der Waals surface area contributed by atoms with Gasteiger partial charge in [0.05, 0.1) is 12.6 Å². The molecule has 1 aliphatic heterocycles. The summed E-state index contributed by atoms with van der Waals surface area (Å²) in [6.07, 6.45) is 2.15. The summed E-state index contributed by atoms with van der Waals surface area (Å²) >= 11 is 11.1. The summed E-state index contributed by atoms with van der Waals surface area (Å²) < 4.78 is 18.4. The molecule has 0 aromatic heterocycles. The first-order chi connectivity index (χ1) is 16.9. The third-order valence-electron chi connectivity index (χ3n) is 5.15. The Kier molecular flexibility index (Phi) is 13.1. The maximum Gasteiger partial charge on any atom is 0.252 e. The minimum atomic E-state index is -0.594. The number of hydrogen-bond acceptors (Lipinski definition) is 3. The second-order valence-corrected chi connectivity index (χ2v) is 8.68. The summed E-state index contributed by atoms with van der Waals surface area (Å²) in [5, 5.41) is 1.59. The normalized spacial score (nSPS) is 15.7. The number of benzene rings is 3. The zero-order chi connectivity index (χ0) is 25.5. The van der Waals surface area contributed by atoms with Gasteiger partial charge < -0.3 is 14.4 Å². The second kappa shape index (κ2) is 16.0. The van der Waals surface area contributed by atoms with Gasteiger partial charge in [0, 0.05) is 23.0 Å². The van der Waals surface area contributed by atoms with Crippen LogP contribution in [-0.2, 0) is 20.7 Å². The van der Waals surface area contributed by atoms with Crippen molar-refractivity contribution in [3.8, 4) is 0 Å². The standard InChI is InChI=1S/C16H20FNO3.2C6H5Cl/c1-2-3-14(11-19)18-8-9-21-15(16(18)20)10-12-4-6-13(17)7-5-12;2*7-6-4-2-1-3-5-6/h4-7,11,14-15H,2-3,8-10H2,1H3;2*1-5H. The van der Waals surface area contributed by atoms with E-state index in [0.29, 0.717) is 26.0 Å². The molecule has 186 valence electrons. The first kappa shape index (κ1) is 28.5. The Bertz CT molecular complexity index is 966. The zero-order valence-corrected chi connectivity index (χ0v) is 21.2. The maximum atomic E-state index is 12.9. The van der Waals surface area contributed by atoms with Crippen molar-refractivity contribution in [3.63, 3.8) is 0 Å². The molecule has 0 spiro atoms. The van der Waals surface area contributed by atoms with Gasteiger partial charge in [-0.3, -0.25) is 4.79 Å². The van der Waals surface area contributed by atoms with Gasteiger partial charge in [-0.25, -0.2) is 4.39 Å². The van der Waals surface area contributed by atoms with Crippen molar-refractivity contribution < 1.29 is 18.7 Å². The molecule has 3 aromatic carbocycles. The molecule has 1 fully saturated rings. The fourth-order valence-corrected chi connectivity index (χ4v) is 3.68. The molecule has 4 nitrogen and oxygen atoms in total. The maximum absolute atomic E-state index is 12.9. The monoisotopic (exact) mass is 517 g/mol. The highest BCUT2D eigenvalue weighted by atomic mass is 35.5. The molecule has 0 radical (unpaired) electrons. The number of rotatable bonds is 6. The summed E-state index contributed by atoms with van der Waals surface area (Å²) in [6.45, 7) is 2.85. The SMILES string of the molecule is CCCC(C=O)N1CCOC(Cc2ccc(F)cc2)C1=O.Clc1ccccc1.Clc1ccccc1. The van der Waals surface area contributed by atoms with E-state index < -0.39 is 6.10 Å². The molecule has 0 bridgehead atoms. The van der Waals surface area contributed by atoms with Crippen molar-refractivity contribution in [2.45, 2.75) is 38.3 Å². The first-order valence-electron chi connectivity index (χ1n) is 11.5. The fourth-order valence-electron chi connectivity index (χ4n) is 3.39. The summed E-state index contributed by atoms with van der Waals surface area (Å²) in [7, 11) is 0. The molecule has 3 aromatic rings. The van der Waals surface area contributed by atoms with E-state index in [4.69, 9.17) is 27.9 Å². The highest BCUT2D eigenvalue weighted by Crippen LogP contribution is 2.17. The van der Waals surface area contributed by atoms with E-state index in [2.05, 4.69) is 0 Å². The fraction of sp³-hybridized carbons (Fsp3) is 0.286. The average Bonchev–Trinajstić information content (AvgIpc) is 2.87. The second-order valence-electron chi connectivity index (χ2n) is 7.80. The van der Waals surface area contributed by atoms with Crippen LogP contribution in [0.5, 0.6) is 0 Å². The molecule has 2 atom stereocenters. The number of ether oxygens (including phenoxy) is 1. The molecule has 1 heterocycles. The third-order valence-corrected chi connectivity index (χ3v) is 5.66. The van der Waals surface area contributed by atoms with E-state index in [1.54, 1.807) is 17.0 Å². The smallest absolute Gasteiger partial charge is 0.252 e. The van der Waals surface area contributed by atoms with Crippen molar-refractivity contribution >= 4 is 35.4 Å². The highest BCUT2D eigenvalue weighted by Gasteiger charge is 2.33. The number of carbonyl (C=O) groups excluding carboxylic acids is 2. The van der Waals surface area contributed by atoms with Crippen LogP contribution in [-0.4, -0.2) is 42.4 Å². The van der Waals surface area contributed by atoms with Gasteiger partial charge in [0.25, 0.3) is 5.91 Å². The lowest BCUT2D eigenvalue weighted by Crippen LogP contribution is -2.53. The molecule has 1 saturated heterocycles. The Morgan fingerprint density at radius 2 is 1.51 bits per heavy atom. The molecular formula is C28H30Cl2FNO3. The molecule has 2 unspecified atom stereocenters. The quantitative estimate of drug-likeness (QED) is 0.344. The third kappa shape index (κ3) is 10.6. The lowest BCUT2D eigenvalue weighted by atomic mass is 10.0. The zero-order valence-electron chi connectivity index (χ0n) is 19.7. The number of amides is 1. The summed E-state index contributed by atoms with van der Waals surface area (Å²) in [5.74, 6) is -0.462. The van der Waals surface area contributed by atoms with Crippen molar-refractivity contribution in [2.24, 2.45) is 0 Å². The van der Waals surface area contributed by atoms with Gasteiger partial charge in [-0.1, -0.05) is 85.1 Å². The number of halogens is 3. The molecular weight excluding hydrogens is 488 g/mol. The molecule has 35 heavy (non-hydrogen) atoms. The van der Waals surface area contributed by atoms with Gasteiger partial charge in [0.15, 0.2) is 0 Å². The van der Waals surface area contributed by atoms with Gasteiger partial charge in [0.1, 0.15) is 18.2 Å². The van der Waals surface area contributed by atoms with Gasteiger partial charge in [0.2, 0.25) is 0 Å². The largest absolute Gasteiger partial charge is 0.366 e. The first-order valence-corrected chi connectivity index (χ1v) is 12.2. The number of aldehydes is 1. The summed E-state index contributed by atoms with van der Waals surface area (Å²) in [5.41, 5.74) is 0.842. The van der Waals surface area contributed by atoms with E-state index in [-0.39, 0.29) is 17.8 Å². The lowest BCUT2D eigenvalue weighted by molar-refractivity contribution is -0.157. The Hall–Kier alpha value is -2.73. The van der Waals surface area contributed by atoms with Crippen molar-refractivity contribution in [3.05, 3.63) is 106 Å². The molecule has 7 heteroatoms. The molecule has 0 N–H and O–H groups in total. The van der Waals surface area contributed by atoms with Crippen LogP contribution in [0.15, 0.2) is 84.9 Å². The van der Waals surface area contributed by atoms with Gasteiger partial charge >= 0.3 is 0 Å². The Morgan fingerprint density at radius 1 is 0.971 bits per heavy atom. The highest BCUT2D eigenvalue weighted by molar-refractivity contribution is 6.30. The van der Waals surface area contributed by atoms with Crippen molar-refractivity contribution in [2.75, 3.05) is 13.2 Å². The topological polar surface area (TPSA) is 46.6 Å². The predicted molar refractivity (Wildman–Crippen MR) is 139 cm³/mol. The van der Waals surface area contributed by atoms with Gasteiger partial charge in [-0.05, 0) is 48.4 Å². The summed E-state index contributed by atoms with van der Waals surface area (Å²) in [6, 6.07) is 24.5. The number of morpholine rings is 1. The Morgan fingerprint density at radius 3 is 1.94 bits per heavy atom. The summed E-state index contributed by atoms with van der Waals surface area (Å²) in [4.78, 5) is 25.2. The van der Waals surface area contributed by atoms with Crippen LogP contribution < -0.4 is 0 Å². The van der Waals surface area contributed by atoms with Gasteiger partial charge in [-0.2, -0.15) is 0 Å². The lowest BCUT2D eigenvalue weighted by Gasteiger charge is -2.35.